The smallest absolute Gasteiger partial charge is 0.0493 e. The molecule has 1 aromatic carbocycles. The van der Waals surface area contributed by atoms with E-state index in [1.807, 2.05) is 6.07 Å². The van der Waals surface area contributed by atoms with Crippen LogP contribution in [0.1, 0.15) is 37.8 Å². The van der Waals surface area contributed by atoms with E-state index in [0.29, 0.717) is 6.61 Å². The molecule has 0 saturated heterocycles. The highest BCUT2D eigenvalue weighted by molar-refractivity contribution is 5.20. The van der Waals surface area contributed by atoms with Crippen molar-refractivity contribution in [3.05, 3.63) is 35.9 Å². The van der Waals surface area contributed by atoms with E-state index in [4.69, 9.17) is 10.8 Å². The molecule has 3 heteroatoms. The van der Waals surface area contributed by atoms with E-state index in [2.05, 4.69) is 43.1 Å². The van der Waals surface area contributed by atoms with E-state index in [0.717, 1.165) is 25.8 Å². The highest BCUT2D eigenvalue weighted by Crippen LogP contribution is 2.22. The number of rotatable bonds is 8. The van der Waals surface area contributed by atoms with E-state index < -0.39 is 0 Å². The lowest BCUT2D eigenvalue weighted by Crippen LogP contribution is -2.37. The molecule has 0 fully saturated rings. The van der Waals surface area contributed by atoms with Gasteiger partial charge in [0.2, 0.25) is 0 Å². The van der Waals surface area contributed by atoms with Gasteiger partial charge in [-0.2, -0.15) is 0 Å². The average molecular weight is 250 g/mol. The number of aliphatic hydroxyl groups is 1. The number of nitrogens with two attached hydrogens (primary N) is 1. The molecule has 1 rings (SSSR count). The van der Waals surface area contributed by atoms with Crippen LogP contribution in [0.4, 0.5) is 0 Å². The lowest BCUT2D eigenvalue weighted by atomic mass is 9.99. The number of nitrogens with zero attached hydrogens (tertiary/aromatic N) is 1. The molecule has 0 bridgehead atoms. The summed E-state index contributed by atoms with van der Waals surface area (Å²) < 4.78 is 0. The van der Waals surface area contributed by atoms with Crippen molar-refractivity contribution in [2.24, 2.45) is 5.73 Å². The molecule has 0 amide bonds. The molecular formula is C15H26N2O. The van der Waals surface area contributed by atoms with Gasteiger partial charge in [-0.25, -0.2) is 0 Å². The van der Waals surface area contributed by atoms with E-state index in [9.17, 15) is 0 Å². The summed E-state index contributed by atoms with van der Waals surface area (Å²) in [4.78, 5) is 2.32. The molecule has 0 radical (unpaired) electrons. The van der Waals surface area contributed by atoms with Gasteiger partial charge < -0.3 is 10.8 Å². The molecule has 0 spiro atoms. The summed E-state index contributed by atoms with van der Waals surface area (Å²) in [5, 5.41) is 8.77. The summed E-state index contributed by atoms with van der Waals surface area (Å²) >= 11 is 0. The highest BCUT2D eigenvalue weighted by atomic mass is 16.2. The minimum absolute atomic E-state index is 0.107. The third-order valence-corrected chi connectivity index (χ3v) is 3.28. The Balaban J connectivity index is 2.57. The van der Waals surface area contributed by atoms with Crippen LogP contribution in [-0.4, -0.2) is 36.2 Å². The van der Waals surface area contributed by atoms with Gasteiger partial charge in [-0.15, -0.1) is 0 Å². The molecule has 2 unspecified atom stereocenters. The fraction of sp³-hybridized carbons (Fsp3) is 0.600. The van der Waals surface area contributed by atoms with Crippen molar-refractivity contribution in [1.29, 1.82) is 0 Å². The van der Waals surface area contributed by atoms with Crippen molar-refractivity contribution in [3.8, 4) is 0 Å². The predicted octanol–water partition coefficient (Wildman–Crippen LogP) is 2.17. The first-order valence-corrected chi connectivity index (χ1v) is 6.78. The van der Waals surface area contributed by atoms with Crippen LogP contribution in [0.3, 0.4) is 0 Å². The largest absolute Gasteiger partial charge is 0.396 e. The number of likely N-dealkylation sites (N-methyl/N-ethyl adjacent to an activating group) is 1. The second-order valence-corrected chi connectivity index (χ2v) is 4.98. The minimum atomic E-state index is 0.107. The molecule has 0 aromatic heterocycles. The molecular weight excluding hydrogens is 224 g/mol. The zero-order valence-corrected chi connectivity index (χ0v) is 11.5. The van der Waals surface area contributed by atoms with Crippen molar-refractivity contribution in [2.45, 2.75) is 38.3 Å². The van der Waals surface area contributed by atoms with Crippen LogP contribution in [0.2, 0.25) is 0 Å². The molecule has 0 heterocycles. The summed E-state index contributed by atoms with van der Waals surface area (Å²) in [6.07, 6.45) is 3.07. The van der Waals surface area contributed by atoms with Crippen molar-refractivity contribution in [1.82, 2.24) is 4.90 Å². The summed E-state index contributed by atoms with van der Waals surface area (Å²) in [5.41, 5.74) is 7.39. The number of aliphatic hydroxyl groups excluding tert-OH is 1. The standard InChI is InChI=1S/C15H26N2O/c1-13(16)15(14-9-5-3-6-10-14)17(2)11-7-4-8-12-18/h3,5-6,9-10,13,15,18H,4,7-8,11-12,16H2,1-2H3. The number of hydrogen-bond acceptors (Lipinski definition) is 3. The lowest BCUT2D eigenvalue weighted by Gasteiger charge is -2.31. The van der Waals surface area contributed by atoms with Crippen molar-refractivity contribution < 1.29 is 5.11 Å². The molecule has 18 heavy (non-hydrogen) atoms. The molecule has 1 aromatic rings. The van der Waals surface area contributed by atoms with Crippen molar-refractivity contribution in [3.63, 3.8) is 0 Å². The number of benzene rings is 1. The van der Waals surface area contributed by atoms with Gasteiger partial charge >= 0.3 is 0 Å². The molecule has 0 aliphatic heterocycles. The molecule has 0 saturated carbocycles. The normalized spacial score (nSPS) is 14.7. The van der Waals surface area contributed by atoms with Crippen LogP contribution < -0.4 is 5.73 Å². The van der Waals surface area contributed by atoms with Gasteiger partial charge in [0.05, 0.1) is 0 Å². The fourth-order valence-electron chi connectivity index (χ4n) is 2.40. The number of unbranched alkanes of at least 4 members (excludes halogenated alkanes) is 2. The Morgan fingerprint density at radius 1 is 1.17 bits per heavy atom. The summed E-state index contributed by atoms with van der Waals surface area (Å²) in [6.45, 7) is 3.36. The van der Waals surface area contributed by atoms with Crippen molar-refractivity contribution in [2.75, 3.05) is 20.2 Å². The van der Waals surface area contributed by atoms with Crippen molar-refractivity contribution >= 4 is 0 Å². The van der Waals surface area contributed by atoms with Crippen LogP contribution >= 0.6 is 0 Å². The lowest BCUT2D eigenvalue weighted by molar-refractivity contribution is 0.210. The Labute approximate surface area is 111 Å². The van der Waals surface area contributed by atoms with Gasteiger partial charge in [-0.05, 0) is 45.3 Å². The molecule has 0 aliphatic rings. The highest BCUT2D eigenvalue weighted by Gasteiger charge is 2.20. The monoisotopic (exact) mass is 250 g/mol. The third kappa shape index (κ3) is 4.77. The summed E-state index contributed by atoms with van der Waals surface area (Å²) in [7, 11) is 2.12. The topological polar surface area (TPSA) is 49.5 Å². The summed E-state index contributed by atoms with van der Waals surface area (Å²) in [6, 6.07) is 10.8. The van der Waals surface area contributed by atoms with E-state index in [-0.39, 0.29) is 12.1 Å². The maximum atomic E-state index is 8.77. The van der Waals surface area contributed by atoms with Crippen LogP contribution in [0.25, 0.3) is 0 Å². The molecule has 0 aliphatic carbocycles. The Bertz CT molecular complexity index is 314. The third-order valence-electron chi connectivity index (χ3n) is 3.28. The predicted molar refractivity (Wildman–Crippen MR) is 76.4 cm³/mol. The molecule has 102 valence electrons. The average Bonchev–Trinajstić information content (AvgIpc) is 2.36. The summed E-state index contributed by atoms with van der Waals surface area (Å²) in [5.74, 6) is 0. The maximum absolute atomic E-state index is 8.77. The Kier molecular flexibility index (Phi) is 6.94. The fourth-order valence-corrected chi connectivity index (χ4v) is 2.40. The number of hydrogen-bond donors (Lipinski definition) is 2. The van der Waals surface area contributed by atoms with E-state index >= 15 is 0 Å². The molecule has 3 nitrogen and oxygen atoms in total. The van der Waals surface area contributed by atoms with Gasteiger partial charge in [0.25, 0.3) is 0 Å². The van der Waals surface area contributed by atoms with Gasteiger partial charge in [-0.3, -0.25) is 4.90 Å². The Morgan fingerprint density at radius 2 is 1.83 bits per heavy atom. The van der Waals surface area contributed by atoms with Crippen LogP contribution in [0.5, 0.6) is 0 Å². The first-order valence-electron chi connectivity index (χ1n) is 6.78. The first kappa shape index (κ1) is 15.2. The van der Waals surface area contributed by atoms with Gasteiger partial charge in [0.15, 0.2) is 0 Å². The van der Waals surface area contributed by atoms with Gasteiger partial charge in [0.1, 0.15) is 0 Å². The first-order chi connectivity index (χ1) is 8.66. The minimum Gasteiger partial charge on any atom is -0.396 e. The Hall–Kier alpha value is -0.900. The van der Waals surface area contributed by atoms with Crippen LogP contribution in [0, 0.1) is 0 Å². The zero-order valence-electron chi connectivity index (χ0n) is 11.5. The zero-order chi connectivity index (χ0) is 13.4. The quantitative estimate of drug-likeness (QED) is 0.695. The van der Waals surface area contributed by atoms with E-state index in [1.165, 1.54) is 5.56 Å². The van der Waals surface area contributed by atoms with Crippen LogP contribution in [-0.2, 0) is 0 Å². The van der Waals surface area contributed by atoms with E-state index in [1.54, 1.807) is 0 Å². The van der Waals surface area contributed by atoms with Crippen LogP contribution in [0.15, 0.2) is 30.3 Å². The molecule has 2 atom stereocenters. The molecule has 3 N–H and O–H groups in total. The van der Waals surface area contributed by atoms with Gasteiger partial charge in [-0.1, -0.05) is 30.3 Å². The second kappa shape index (κ2) is 8.25. The maximum Gasteiger partial charge on any atom is 0.0493 e. The second-order valence-electron chi connectivity index (χ2n) is 4.98. The SMILES string of the molecule is CC(N)C(c1ccccc1)N(C)CCCCCO. The Morgan fingerprint density at radius 3 is 2.39 bits per heavy atom. The van der Waals surface area contributed by atoms with Gasteiger partial charge in [0, 0.05) is 18.7 Å².